The van der Waals surface area contributed by atoms with E-state index in [-0.39, 0.29) is 5.91 Å². The lowest BCUT2D eigenvalue weighted by Gasteiger charge is -2.09. The minimum absolute atomic E-state index is 0.182. The number of aryl methyl sites for hydroxylation is 2. The van der Waals surface area contributed by atoms with Crippen LogP contribution in [0.1, 0.15) is 35.0 Å². The molecule has 0 unspecified atom stereocenters. The van der Waals surface area contributed by atoms with E-state index in [0.717, 1.165) is 30.0 Å². The number of carbonyl (C=O) groups is 1. The lowest BCUT2D eigenvalue weighted by Crippen LogP contribution is -2.14. The quantitative estimate of drug-likeness (QED) is 0.885. The summed E-state index contributed by atoms with van der Waals surface area (Å²) in [6.45, 7) is 6.75. The number of anilines is 2. The Labute approximate surface area is 124 Å². The number of hydrogen-bond acceptors (Lipinski definition) is 4. The van der Waals surface area contributed by atoms with Crippen molar-refractivity contribution in [1.82, 2.24) is 9.97 Å². The monoisotopic (exact) mass is 284 g/mol. The Morgan fingerprint density at radius 1 is 1.19 bits per heavy atom. The van der Waals surface area contributed by atoms with Gasteiger partial charge in [0.2, 0.25) is 0 Å². The zero-order valence-electron chi connectivity index (χ0n) is 12.6. The summed E-state index contributed by atoms with van der Waals surface area (Å²) in [6, 6.07) is 7.25. The van der Waals surface area contributed by atoms with Gasteiger partial charge in [0.1, 0.15) is 11.6 Å². The van der Waals surface area contributed by atoms with Gasteiger partial charge in [0, 0.05) is 24.0 Å². The second kappa shape index (κ2) is 6.83. The first-order chi connectivity index (χ1) is 10.1. The normalized spacial score (nSPS) is 10.2. The molecule has 5 heteroatoms. The zero-order chi connectivity index (χ0) is 15.2. The molecule has 0 bridgehead atoms. The Hall–Kier alpha value is -2.43. The highest BCUT2D eigenvalue weighted by Crippen LogP contribution is 2.13. The third kappa shape index (κ3) is 4.27. The van der Waals surface area contributed by atoms with E-state index >= 15 is 0 Å². The van der Waals surface area contributed by atoms with Crippen molar-refractivity contribution in [2.75, 3.05) is 17.2 Å². The Morgan fingerprint density at radius 3 is 2.71 bits per heavy atom. The minimum atomic E-state index is -0.182. The maximum Gasteiger partial charge on any atom is 0.257 e. The zero-order valence-corrected chi connectivity index (χ0v) is 12.6. The number of carbonyl (C=O) groups excluding carboxylic acids is 1. The molecule has 0 atom stereocenters. The van der Waals surface area contributed by atoms with E-state index in [2.05, 4.69) is 27.5 Å². The summed E-state index contributed by atoms with van der Waals surface area (Å²) >= 11 is 0. The smallest absolute Gasteiger partial charge is 0.257 e. The molecule has 2 aromatic heterocycles. The highest BCUT2D eigenvalue weighted by atomic mass is 16.1. The summed E-state index contributed by atoms with van der Waals surface area (Å²) in [5, 5.41) is 6.00. The van der Waals surface area contributed by atoms with E-state index in [4.69, 9.17) is 0 Å². The molecule has 0 fully saturated rings. The molecule has 2 rings (SSSR count). The number of aromatic nitrogens is 2. The average Bonchev–Trinajstić information content (AvgIpc) is 2.44. The molecule has 0 saturated heterocycles. The first kappa shape index (κ1) is 15.0. The van der Waals surface area contributed by atoms with Crippen LogP contribution in [0.3, 0.4) is 0 Å². The molecule has 110 valence electrons. The summed E-state index contributed by atoms with van der Waals surface area (Å²) in [6.07, 6.45) is 2.68. The van der Waals surface area contributed by atoms with Gasteiger partial charge in [0.15, 0.2) is 0 Å². The highest BCUT2D eigenvalue weighted by Gasteiger charge is 2.09. The van der Waals surface area contributed by atoms with E-state index in [1.807, 2.05) is 26.0 Å². The molecular weight excluding hydrogens is 264 g/mol. The van der Waals surface area contributed by atoms with Crippen LogP contribution in [-0.4, -0.2) is 22.4 Å². The Bertz CT molecular complexity index is 640. The van der Waals surface area contributed by atoms with E-state index in [1.165, 1.54) is 0 Å². The fraction of sp³-hybridized carbons (Fsp3) is 0.312. The van der Waals surface area contributed by atoms with Gasteiger partial charge in [-0.25, -0.2) is 9.97 Å². The van der Waals surface area contributed by atoms with Gasteiger partial charge in [0.25, 0.3) is 5.91 Å². The van der Waals surface area contributed by atoms with E-state index in [9.17, 15) is 4.79 Å². The van der Waals surface area contributed by atoms with Gasteiger partial charge in [-0.3, -0.25) is 4.79 Å². The number of pyridine rings is 2. The van der Waals surface area contributed by atoms with Crippen molar-refractivity contribution in [3.8, 4) is 0 Å². The second-order valence-corrected chi connectivity index (χ2v) is 4.98. The molecule has 0 aromatic carbocycles. The summed E-state index contributed by atoms with van der Waals surface area (Å²) < 4.78 is 0. The lowest BCUT2D eigenvalue weighted by molar-refractivity contribution is 0.102. The fourth-order valence-electron chi connectivity index (χ4n) is 1.94. The van der Waals surface area contributed by atoms with Crippen LogP contribution < -0.4 is 10.6 Å². The van der Waals surface area contributed by atoms with Crippen molar-refractivity contribution in [2.24, 2.45) is 0 Å². The largest absolute Gasteiger partial charge is 0.370 e. The lowest BCUT2D eigenvalue weighted by atomic mass is 10.2. The number of amides is 1. The Balaban J connectivity index is 2.16. The van der Waals surface area contributed by atoms with Gasteiger partial charge in [-0.15, -0.1) is 0 Å². The third-order valence-corrected chi connectivity index (χ3v) is 2.93. The molecule has 0 aliphatic rings. The summed E-state index contributed by atoms with van der Waals surface area (Å²) in [5.74, 6) is 1.09. The van der Waals surface area contributed by atoms with Crippen molar-refractivity contribution in [3.05, 3.63) is 47.3 Å². The number of nitrogens with zero attached hydrogens (tertiary/aromatic N) is 2. The summed E-state index contributed by atoms with van der Waals surface area (Å²) in [5.41, 5.74) is 2.43. The van der Waals surface area contributed by atoms with Crippen LogP contribution in [0.4, 0.5) is 11.6 Å². The van der Waals surface area contributed by atoms with Crippen molar-refractivity contribution < 1.29 is 4.79 Å². The Kier molecular flexibility index (Phi) is 4.87. The predicted octanol–water partition coefficient (Wildman–Crippen LogP) is 3.17. The van der Waals surface area contributed by atoms with Crippen LogP contribution in [-0.2, 0) is 0 Å². The summed E-state index contributed by atoms with van der Waals surface area (Å²) in [4.78, 5) is 20.8. The van der Waals surface area contributed by atoms with Gasteiger partial charge >= 0.3 is 0 Å². The third-order valence-electron chi connectivity index (χ3n) is 2.93. The maximum atomic E-state index is 12.3. The van der Waals surface area contributed by atoms with E-state index in [0.29, 0.717) is 11.4 Å². The highest BCUT2D eigenvalue weighted by molar-refractivity contribution is 6.04. The minimum Gasteiger partial charge on any atom is -0.370 e. The molecule has 5 nitrogen and oxygen atoms in total. The fourth-order valence-corrected chi connectivity index (χ4v) is 1.94. The molecule has 2 aromatic rings. The topological polar surface area (TPSA) is 66.9 Å². The molecule has 2 N–H and O–H groups in total. The molecule has 0 radical (unpaired) electrons. The Morgan fingerprint density at radius 2 is 2.00 bits per heavy atom. The van der Waals surface area contributed by atoms with E-state index in [1.54, 1.807) is 18.3 Å². The molecule has 0 aliphatic heterocycles. The average molecular weight is 284 g/mol. The van der Waals surface area contributed by atoms with Crippen molar-refractivity contribution in [3.63, 3.8) is 0 Å². The predicted molar refractivity (Wildman–Crippen MR) is 84.7 cm³/mol. The molecule has 0 saturated carbocycles. The van der Waals surface area contributed by atoms with Gasteiger partial charge in [-0.2, -0.15) is 0 Å². The number of rotatable bonds is 5. The number of nitrogens with one attached hydrogen (secondary N) is 2. The van der Waals surface area contributed by atoms with Crippen LogP contribution in [0, 0.1) is 13.8 Å². The summed E-state index contributed by atoms with van der Waals surface area (Å²) in [7, 11) is 0. The van der Waals surface area contributed by atoms with Gasteiger partial charge < -0.3 is 10.6 Å². The van der Waals surface area contributed by atoms with E-state index < -0.39 is 0 Å². The van der Waals surface area contributed by atoms with Crippen LogP contribution in [0.25, 0.3) is 0 Å². The molecule has 0 aliphatic carbocycles. The standard InChI is InChI=1S/C16H20N4O/c1-4-6-17-15-10-13(9-12(3)19-15)16(21)20-14-8-11(2)5-7-18-14/h5,7-10H,4,6H2,1-3H3,(H,17,19)(H,18,20,21). The van der Waals surface area contributed by atoms with Crippen LogP contribution in [0.15, 0.2) is 30.5 Å². The van der Waals surface area contributed by atoms with Crippen molar-refractivity contribution >= 4 is 17.5 Å². The molecule has 1 amide bonds. The molecule has 21 heavy (non-hydrogen) atoms. The first-order valence-electron chi connectivity index (χ1n) is 7.05. The maximum absolute atomic E-state index is 12.3. The SMILES string of the molecule is CCCNc1cc(C(=O)Nc2cc(C)ccn2)cc(C)n1. The molecule has 0 spiro atoms. The van der Waals surface area contributed by atoms with Gasteiger partial charge in [0.05, 0.1) is 0 Å². The first-order valence-corrected chi connectivity index (χ1v) is 7.05. The van der Waals surface area contributed by atoms with Crippen LogP contribution >= 0.6 is 0 Å². The van der Waals surface area contributed by atoms with Crippen LogP contribution in [0.2, 0.25) is 0 Å². The van der Waals surface area contributed by atoms with Crippen molar-refractivity contribution in [1.29, 1.82) is 0 Å². The van der Waals surface area contributed by atoms with Gasteiger partial charge in [-0.05, 0) is 50.1 Å². The van der Waals surface area contributed by atoms with Crippen LogP contribution in [0.5, 0.6) is 0 Å². The molecule has 2 heterocycles. The molecular formula is C16H20N4O. The number of hydrogen-bond donors (Lipinski definition) is 2. The van der Waals surface area contributed by atoms with Crippen molar-refractivity contribution in [2.45, 2.75) is 27.2 Å². The second-order valence-electron chi connectivity index (χ2n) is 4.98. The van der Waals surface area contributed by atoms with Gasteiger partial charge in [-0.1, -0.05) is 6.92 Å².